The molecule has 0 heterocycles. The maximum atomic E-state index is 11.9. The van der Waals surface area contributed by atoms with Crippen molar-refractivity contribution in [3.63, 3.8) is 0 Å². The average Bonchev–Trinajstić information content (AvgIpc) is 2.40. The van der Waals surface area contributed by atoms with Gasteiger partial charge in [-0.15, -0.1) is 0 Å². The molecule has 0 bridgehead atoms. The first-order valence-electron chi connectivity index (χ1n) is 7.63. The molecule has 0 aliphatic rings. The molecule has 0 spiro atoms. The van der Waals surface area contributed by atoms with Gasteiger partial charge in [-0.1, -0.05) is 34.1 Å². The molecular weight excluding hydrogens is 264 g/mol. The Morgan fingerprint density at radius 1 is 1.24 bits per heavy atom. The molecule has 0 saturated heterocycles. The highest BCUT2D eigenvalue weighted by Gasteiger charge is 2.21. The third-order valence-electron chi connectivity index (χ3n) is 3.53. The zero-order chi connectivity index (χ0) is 15.9. The van der Waals surface area contributed by atoms with Crippen LogP contribution in [0.3, 0.4) is 0 Å². The van der Waals surface area contributed by atoms with Crippen LogP contribution >= 0.6 is 0 Å². The minimum atomic E-state index is -0.183. The van der Waals surface area contributed by atoms with Crippen LogP contribution in [0.4, 0.5) is 10.5 Å². The largest absolute Gasteiger partial charge is 0.494 e. The first-order chi connectivity index (χ1) is 9.82. The zero-order valence-corrected chi connectivity index (χ0v) is 13.8. The van der Waals surface area contributed by atoms with Crippen molar-refractivity contribution in [3.8, 4) is 5.75 Å². The van der Waals surface area contributed by atoms with Crippen molar-refractivity contribution in [1.29, 1.82) is 0 Å². The first kappa shape index (κ1) is 17.3. The fourth-order valence-electron chi connectivity index (χ4n) is 1.55. The standard InChI is InChI=1S/C17H28N2O2/c1-6-7-12-21-15-10-8-14(9-11-15)19-16(20)18-13(2)17(3,4)5/h8-11,13H,6-7,12H2,1-5H3,(H2,18,19,20). The fourth-order valence-corrected chi connectivity index (χ4v) is 1.55. The summed E-state index contributed by atoms with van der Waals surface area (Å²) in [6.45, 7) is 11.2. The monoisotopic (exact) mass is 292 g/mol. The summed E-state index contributed by atoms with van der Waals surface area (Å²) < 4.78 is 5.59. The van der Waals surface area contributed by atoms with Crippen LogP contribution < -0.4 is 15.4 Å². The summed E-state index contributed by atoms with van der Waals surface area (Å²) in [6, 6.07) is 7.36. The summed E-state index contributed by atoms with van der Waals surface area (Å²) in [7, 11) is 0. The number of benzene rings is 1. The van der Waals surface area contributed by atoms with Gasteiger partial charge in [-0.2, -0.15) is 0 Å². The third kappa shape index (κ3) is 6.52. The number of ether oxygens (including phenoxy) is 1. The predicted octanol–water partition coefficient (Wildman–Crippen LogP) is 4.42. The summed E-state index contributed by atoms with van der Waals surface area (Å²) >= 11 is 0. The van der Waals surface area contributed by atoms with E-state index in [9.17, 15) is 4.79 Å². The fraction of sp³-hybridized carbons (Fsp3) is 0.588. The smallest absolute Gasteiger partial charge is 0.319 e. The number of anilines is 1. The first-order valence-corrected chi connectivity index (χ1v) is 7.63. The molecule has 1 unspecified atom stereocenters. The molecule has 0 aromatic heterocycles. The minimum Gasteiger partial charge on any atom is -0.494 e. The number of carbonyl (C=O) groups excluding carboxylic acids is 1. The highest BCUT2D eigenvalue weighted by atomic mass is 16.5. The number of hydrogen-bond acceptors (Lipinski definition) is 2. The molecule has 4 nitrogen and oxygen atoms in total. The summed E-state index contributed by atoms with van der Waals surface area (Å²) in [5.41, 5.74) is 0.797. The molecule has 1 aromatic rings. The average molecular weight is 292 g/mol. The van der Waals surface area contributed by atoms with Gasteiger partial charge in [0.15, 0.2) is 0 Å². The van der Waals surface area contributed by atoms with Crippen LogP contribution in [0.25, 0.3) is 0 Å². The van der Waals surface area contributed by atoms with Crippen LogP contribution in [-0.4, -0.2) is 18.7 Å². The molecule has 1 atom stereocenters. The van der Waals surface area contributed by atoms with Crippen LogP contribution in [-0.2, 0) is 0 Å². The van der Waals surface area contributed by atoms with Gasteiger partial charge >= 0.3 is 6.03 Å². The van der Waals surface area contributed by atoms with Crippen molar-refractivity contribution < 1.29 is 9.53 Å². The van der Waals surface area contributed by atoms with Crippen molar-refractivity contribution in [2.75, 3.05) is 11.9 Å². The van der Waals surface area contributed by atoms with Gasteiger partial charge in [0, 0.05) is 11.7 Å². The van der Waals surface area contributed by atoms with Gasteiger partial charge in [0.05, 0.1) is 6.61 Å². The molecule has 0 radical (unpaired) electrons. The molecule has 2 N–H and O–H groups in total. The second-order valence-corrected chi connectivity index (χ2v) is 6.41. The molecule has 0 saturated carbocycles. The zero-order valence-electron chi connectivity index (χ0n) is 13.8. The molecular formula is C17H28N2O2. The number of carbonyl (C=O) groups is 1. The van der Waals surface area contributed by atoms with Crippen LogP contribution in [0.2, 0.25) is 0 Å². The van der Waals surface area contributed by atoms with Crippen molar-refractivity contribution in [3.05, 3.63) is 24.3 Å². The number of rotatable bonds is 6. The van der Waals surface area contributed by atoms with Crippen molar-refractivity contribution in [1.82, 2.24) is 5.32 Å². The van der Waals surface area contributed by atoms with Gasteiger partial charge in [0.1, 0.15) is 5.75 Å². The minimum absolute atomic E-state index is 0.0360. The van der Waals surface area contributed by atoms with E-state index in [1.54, 1.807) is 0 Å². The molecule has 2 amide bonds. The Morgan fingerprint density at radius 3 is 2.38 bits per heavy atom. The van der Waals surface area contributed by atoms with E-state index >= 15 is 0 Å². The van der Waals surface area contributed by atoms with Gasteiger partial charge < -0.3 is 15.4 Å². The van der Waals surface area contributed by atoms with E-state index in [2.05, 4.69) is 38.3 Å². The third-order valence-corrected chi connectivity index (χ3v) is 3.53. The van der Waals surface area contributed by atoms with Gasteiger partial charge in [0.25, 0.3) is 0 Å². The Balaban J connectivity index is 2.46. The normalized spacial score (nSPS) is 12.6. The highest BCUT2D eigenvalue weighted by molar-refractivity contribution is 5.89. The van der Waals surface area contributed by atoms with Crippen LogP contribution in [0.1, 0.15) is 47.5 Å². The maximum Gasteiger partial charge on any atom is 0.319 e. The lowest BCUT2D eigenvalue weighted by molar-refractivity contribution is 0.233. The van der Waals surface area contributed by atoms with E-state index in [4.69, 9.17) is 4.74 Å². The molecule has 1 rings (SSSR count). The Hall–Kier alpha value is -1.71. The molecule has 1 aromatic carbocycles. The Morgan fingerprint density at radius 2 is 1.86 bits per heavy atom. The van der Waals surface area contributed by atoms with Crippen molar-refractivity contribution in [2.24, 2.45) is 5.41 Å². The van der Waals surface area contributed by atoms with Gasteiger partial charge in [-0.3, -0.25) is 0 Å². The molecule has 4 heteroatoms. The molecule has 0 fully saturated rings. The van der Waals surface area contributed by atoms with E-state index in [1.165, 1.54) is 0 Å². The molecule has 0 aliphatic heterocycles. The lowest BCUT2D eigenvalue weighted by Crippen LogP contribution is -2.43. The number of hydrogen-bond donors (Lipinski definition) is 2. The molecule has 118 valence electrons. The molecule has 21 heavy (non-hydrogen) atoms. The number of amides is 2. The van der Waals surface area contributed by atoms with E-state index in [-0.39, 0.29) is 17.5 Å². The summed E-state index contributed by atoms with van der Waals surface area (Å²) in [4.78, 5) is 11.9. The summed E-state index contributed by atoms with van der Waals surface area (Å²) in [6.07, 6.45) is 2.17. The van der Waals surface area contributed by atoms with E-state index in [0.717, 1.165) is 30.9 Å². The van der Waals surface area contributed by atoms with Crippen molar-refractivity contribution in [2.45, 2.75) is 53.5 Å². The van der Waals surface area contributed by atoms with Crippen LogP contribution in [0.5, 0.6) is 5.75 Å². The summed E-state index contributed by atoms with van der Waals surface area (Å²) in [5, 5.41) is 5.78. The second-order valence-electron chi connectivity index (χ2n) is 6.41. The number of nitrogens with one attached hydrogen (secondary N) is 2. The number of urea groups is 1. The Labute approximate surface area is 128 Å². The van der Waals surface area contributed by atoms with E-state index in [0.29, 0.717) is 0 Å². The molecule has 0 aliphatic carbocycles. The quantitative estimate of drug-likeness (QED) is 0.762. The van der Waals surface area contributed by atoms with Crippen molar-refractivity contribution >= 4 is 11.7 Å². The maximum absolute atomic E-state index is 11.9. The summed E-state index contributed by atoms with van der Waals surface area (Å²) in [5.74, 6) is 0.831. The van der Waals surface area contributed by atoms with Gasteiger partial charge in [0.2, 0.25) is 0 Å². The van der Waals surface area contributed by atoms with Crippen LogP contribution in [0.15, 0.2) is 24.3 Å². The van der Waals surface area contributed by atoms with E-state index in [1.807, 2.05) is 31.2 Å². The topological polar surface area (TPSA) is 50.4 Å². The second kappa shape index (κ2) is 7.91. The van der Waals surface area contributed by atoms with Crippen LogP contribution in [0, 0.1) is 5.41 Å². The Kier molecular flexibility index (Phi) is 6.53. The van der Waals surface area contributed by atoms with Gasteiger partial charge in [-0.25, -0.2) is 4.79 Å². The Bertz CT molecular complexity index is 435. The highest BCUT2D eigenvalue weighted by Crippen LogP contribution is 2.19. The number of unbranched alkanes of at least 4 members (excludes halogenated alkanes) is 1. The lowest BCUT2D eigenvalue weighted by Gasteiger charge is -2.28. The SMILES string of the molecule is CCCCOc1ccc(NC(=O)NC(C)C(C)(C)C)cc1. The lowest BCUT2D eigenvalue weighted by atomic mass is 9.88. The predicted molar refractivity (Wildman–Crippen MR) is 87.9 cm³/mol. The van der Waals surface area contributed by atoms with Gasteiger partial charge in [-0.05, 0) is 43.0 Å². The van der Waals surface area contributed by atoms with E-state index < -0.39 is 0 Å².